The van der Waals surface area contributed by atoms with Crippen LogP contribution >= 0.6 is 0 Å². The Morgan fingerprint density at radius 1 is 1.17 bits per heavy atom. The fourth-order valence-electron chi connectivity index (χ4n) is 2.32. The number of nitrogens with one attached hydrogen (secondary N) is 2. The molecule has 0 saturated carbocycles. The summed E-state index contributed by atoms with van der Waals surface area (Å²) in [5.74, 6) is -0.258. The van der Waals surface area contributed by atoms with Crippen LogP contribution in [0.1, 0.15) is 46.1 Å². The van der Waals surface area contributed by atoms with Crippen LogP contribution in [0, 0.1) is 11.2 Å². The van der Waals surface area contributed by atoms with Gasteiger partial charge in [-0.25, -0.2) is 9.18 Å². The van der Waals surface area contributed by atoms with Crippen molar-refractivity contribution in [2.24, 2.45) is 5.41 Å². The van der Waals surface area contributed by atoms with Crippen molar-refractivity contribution in [3.63, 3.8) is 0 Å². The first-order chi connectivity index (χ1) is 10.7. The Morgan fingerprint density at radius 2 is 1.83 bits per heavy atom. The Hall–Kier alpha value is -1.62. The third-order valence-electron chi connectivity index (χ3n) is 4.04. The van der Waals surface area contributed by atoms with Gasteiger partial charge in [0.15, 0.2) is 0 Å². The topological polar surface area (TPSA) is 61.4 Å². The highest BCUT2D eigenvalue weighted by Gasteiger charge is 2.24. The molecular formula is C18H29FN2O2. The van der Waals surface area contributed by atoms with Crippen LogP contribution < -0.4 is 10.6 Å². The van der Waals surface area contributed by atoms with Crippen molar-refractivity contribution < 1.29 is 14.3 Å². The molecule has 0 aliphatic heterocycles. The summed E-state index contributed by atoms with van der Waals surface area (Å²) in [6, 6.07) is 6.37. The van der Waals surface area contributed by atoms with Gasteiger partial charge in [0.05, 0.1) is 0 Å². The molecule has 0 radical (unpaired) electrons. The summed E-state index contributed by atoms with van der Waals surface area (Å²) in [6.45, 7) is 8.81. The molecule has 0 aliphatic rings. The first-order valence-electron chi connectivity index (χ1n) is 8.05. The molecule has 0 aliphatic carbocycles. The lowest BCUT2D eigenvalue weighted by molar-refractivity contribution is 0.148. The van der Waals surface area contributed by atoms with Crippen molar-refractivity contribution in [1.82, 2.24) is 10.6 Å². The molecule has 5 heteroatoms. The molecule has 130 valence electrons. The zero-order chi connectivity index (χ0) is 17.5. The number of hydrogen-bond acceptors (Lipinski definition) is 2. The van der Waals surface area contributed by atoms with Gasteiger partial charge in [0.1, 0.15) is 5.82 Å². The number of carbonyl (C=O) groups excluding carboxylic acids is 1. The summed E-state index contributed by atoms with van der Waals surface area (Å²) in [4.78, 5) is 11.8. The van der Waals surface area contributed by atoms with Gasteiger partial charge in [-0.3, -0.25) is 0 Å². The van der Waals surface area contributed by atoms with Crippen LogP contribution in [-0.2, 0) is 5.41 Å². The number of carbonyl (C=O) groups is 1. The third kappa shape index (κ3) is 6.57. The molecule has 0 unspecified atom stereocenters. The molecule has 1 rings (SSSR count). The van der Waals surface area contributed by atoms with Crippen molar-refractivity contribution in [3.05, 3.63) is 35.6 Å². The van der Waals surface area contributed by atoms with E-state index in [4.69, 9.17) is 0 Å². The average Bonchev–Trinajstić information content (AvgIpc) is 2.50. The summed E-state index contributed by atoms with van der Waals surface area (Å²) in [7, 11) is 0. The monoisotopic (exact) mass is 324 g/mol. The van der Waals surface area contributed by atoms with Crippen LogP contribution in [0.2, 0.25) is 0 Å². The van der Waals surface area contributed by atoms with E-state index in [0.29, 0.717) is 18.7 Å². The van der Waals surface area contributed by atoms with Crippen LogP contribution in [0.25, 0.3) is 0 Å². The fourth-order valence-corrected chi connectivity index (χ4v) is 2.32. The van der Waals surface area contributed by atoms with Gasteiger partial charge in [-0.2, -0.15) is 0 Å². The predicted octanol–water partition coefficient (Wildman–Crippen LogP) is 3.20. The molecule has 0 atom stereocenters. The molecule has 0 heterocycles. The Kier molecular flexibility index (Phi) is 7.01. The summed E-state index contributed by atoms with van der Waals surface area (Å²) in [5, 5.41) is 14.8. The van der Waals surface area contributed by atoms with E-state index in [1.54, 1.807) is 18.2 Å². The van der Waals surface area contributed by atoms with Crippen molar-refractivity contribution in [1.29, 1.82) is 0 Å². The van der Waals surface area contributed by atoms with Gasteiger partial charge < -0.3 is 15.7 Å². The number of aliphatic hydroxyl groups excluding tert-OH is 1. The molecule has 0 fully saturated rings. The Balaban J connectivity index is 2.37. The van der Waals surface area contributed by atoms with E-state index in [2.05, 4.69) is 10.6 Å². The van der Waals surface area contributed by atoms with Crippen LogP contribution in [0.3, 0.4) is 0 Å². The highest BCUT2D eigenvalue weighted by molar-refractivity contribution is 5.73. The first-order valence-corrected chi connectivity index (χ1v) is 8.05. The van der Waals surface area contributed by atoms with Crippen molar-refractivity contribution in [2.75, 3.05) is 19.7 Å². The molecule has 0 saturated heterocycles. The maximum atomic E-state index is 13.9. The number of halogens is 1. The highest BCUT2D eigenvalue weighted by Crippen LogP contribution is 2.24. The third-order valence-corrected chi connectivity index (χ3v) is 4.04. The van der Waals surface area contributed by atoms with Gasteiger partial charge in [0.25, 0.3) is 0 Å². The van der Waals surface area contributed by atoms with E-state index in [0.717, 1.165) is 12.8 Å². The average molecular weight is 324 g/mol. The van der Waals surface area contributed by atoms with Crippen molar-refractivity contribution in [2.45, 2.75) is 46.0 Å². The molecular weight excluding hydrogens is 295 g/mol. The summed E-state index contributed by atoms with van der Waals surface area (Å²) >= 11 is 0. The first kappa shape index (κ1) is 19.4. The summed E-state index contributed by atoms with van der Waals surface area (Å²) in [6.07, 6.45) is 1.64. The minimum absolute atomic E-state index is 0.120. The van der Waals surface area contributed by atoms with Gasteiger partial charge in [0, 0.05) is 25.1 Å². The van der Waals surface area contributed by atoms with Crippen LogP contribution in [0.15, 0.2) is 24.3 Å². The van der Waals surface area contributed by atoms with Gasteiger partial charge in [-0.05, 0) is 29.9 Å². The number of urea groups is 1. The lowest BCUT2D eigenvalue weighted by Crippen LogP contribution is -2.43. The van der Waals surface area contributed by atoms with E-state index < -0.39 is 5.41 Å². The van der Waals surface area contributed by atoms with E-state index >= 15 is 0 Å². The molecule has 1 aromatic rings. The van der Waals surface area contributed by atoms with Gasteiger partial charge >= 0.3 is 6.03 Å². The second-order valence-corrected chi connectivity index (χ2v) is 7.40. The number of rotatable bonds is 8. The SMILES string of the molecule is CC(C)(CO)CCCNC(=O)NCC(C)(C)c1ccccc1F. The molecule has 23 heavy (non-hydrogen) atoms. The van der Waals surface area contributed by atoms with Gasteiger partial charge in [0.2, 0.25) is 0 Å². The quantitative estimate of drug-likeness (QED) is 0.643. The number of benzene rings is 1. The Labute approximate surface area is 138 Å². The number of aliphatic hydroxyl groups is 1. The zero-order valence-electron chi connectivity index (χ0n) is 14.6. The van der Waals surface area contributed by atoms with Crippen LogP contribution in [0.4, 0.5) is 9.18 Å². The van der Waals surface area contributed by atoms with E-state index in [-0.39, 0.29) is 23.9 Å². The molecule has 2 amide bonds. The lowest BCUT2D eigenvalue weighted by Gasteiger charge is -2.26. The minimum atomic E-state index is -0.485. The standard InChI is InChI=1S/C18H29FN2O2/c1-17(2,13-22)10-7-11-20-16(23)21-12-18(3,4)14-8-5-6-9-15(14)19/h5-6,8-9,22H,7,10-13H2,1-4H3,(H2,20,21,23). The summed E-state index contributed by atoms with van der Waals surface area (Å²) < 4.78 is 13.9. The second-order valence-electron chi connectivity index (χ2n) is 7.40. The van der Waals surface area contributed by atoms with Gasteiger partial charge in [-0.15, -0.1) is 0 Å². The fraction of sp³-hybridized carbons (Fsp3) is 0.611. The van der Waals surface area contributed by atoms with Crippen molar-refractivity contribution in [3.8, 4) is 0 Å². The number of hydrogen-bond donors (Lipinski definition) is 3. The lowest BCUT2D eigenvalue weighted by atomic mass is 9.84. The molecule has 4 nitrogen and oxygen atoms in total. The maximum absolute atomic E-state index is 13.9. The largest absolute Gasteiger partial charge is 0.396 e. The van der Waals surface area contributed by atoms with Crippen molar-refractivity contribution >= 4 is 6.03 Å². The van der Waals surface area contributed by atoms with E-state index in [1.165, 1.54) is 6.07 Å². The smallest absolute Gasteiger partial charge is 0.314 e. The molecule has 3 N–H and O–H groups in total. The predicted molar refractivity (Wildman–Crippen MR) is 90.9 cm³/mol. The Bertz CT molecular complexity index is 515. The molecule has 0 spiro atoms. The second kappa shape index (κ2) is 8.29. The normalized spacial score (nSPS) is 12.1. The Morgan fingerprint density at radius 3 is 2.43 bits per heavy atom. The highest BCUT2D eigenvalue weighted by atomic mass is 19.1. The summed E-state index contributed by atoms with van der Waals surface area (Å²) in [5.41, 5.74) is -0.0167. The molecule has 1 aromatic carbocycles. The zero-order valence-corrected chi connectivity index (χ0v) is 14.6. The molecule has 0 aromatic heterocycles. The molecule has 0 bridgehead atoms. The van der Waals surface area contributed by atoms with Crippen LogP contribution in [0.5, 0.6) is 0 Å². The number of amides is 2. The van der Waals surface area contributed by atoms with E-state index in [9.17, 15) is 14.3 Å². The van der Waals surface area contributed by atoms with E-state index in [1.807, 2.05) is 27.7 Å². The van der Waals surface area contributed by atoms with Gasteiger partial charge in [-0.1, -0.05) is 45.9 Å². The van der Waals surface area contributed by atoms with Crippen LogP contribution in [-0.4, -0.2) is 30.8 Å². The minimum Gasteiger partial charge on any atom is -0.396 e. The maximum Gasteiger partial charge on any atom is 0.314 e.